The summed E-state index contributed by atoms with van der Waals surface area (Å²) in [5, 5.41) is 2.94. The Balaban J connectivity index is 1.41. The fourth-order valence-corrected chi connectivity index (χ4v) is 3.51. The summed E-state index contributed by atoms with van der Waals surface area (Å²) >= 11 is 0. The largest absolute Gasteiger partial charge is 0.482 e. The van der Waals surface area contributed by atoms with Gasteiger partial charge in [-0.3, -0.25) is 14.5 Å². The lowest BCUT2D eigenvalue weighted by molar-refractivity contribution is -0.906. The Hall–Kier alpha value is -2.08. The molecule has 0 saturated carbocycles. The molecule has 25 heavy (non-hydrogen) atoms. The van der Waals surface area contributed by atoms with Gasteiger partial charge < -0.3 is 15.0 Å². The lowest BCUT2D eigenvalue weighted by Gasteiger charge is -2.29. The standard InChI is InChI=1S/C19H27N3O3/c1-15-7-11-21(12-8-15)10-4-9-20-18(23)13-22-16-5-2-3-6-17(16)25-14-19(22)24/h2-3,5-6,15H,4,7-14H2,1H3,(H,20,23)/p+1. The van der Waals surface area contributed by atoms with E-state index in [9.17, 15) is 9.59 Å². The fourth-order valence-electron chi connectivity index (χ4n) is 3.51. The van der Waals surface area contributed by atoms with E-state index in [2.05, 4.69) is 12.2 Å². The molecule has 2 amide bonds. The van der Waals surface area contributed by atoms with Crippen LogP contribution in [0.4, 0.5) is 5.69 Å². The minimum Gasteiger partial charge on any atom is -0.482 e. The van der Waals surface area contributed by atoms with Crippen molar-refractivity contribution >= 4 is 17.5 Å². The van der Waals surface area contributed by atoms with E-state index in [4.69, 9.17) is 4.74 Å². The van der Waals surface area contributed by atoms with Crippen LogP contribution in [-0.2, 0) is 9.59 Å². The maximum atomic E-state index is 12.2. The second kappa shape index (κ2) is 8.34. The van der Waals surface area contributed by atoms with Gasteiger partial charge in [-0.15, -0.1) is 0 Å². The maximum Gasteiger partial charge on any atom is 0.265 e. The number of hydrogen-bond donors (Lipinski definition) is 2. The van der Waals surface area contributed by atoms with E-state index < -0.39 is 0 Å². The number of piperidine rings is 1. The molecule has 0 spiro atoms. The number of anilines is 1. The van der Waals surface area contributed by atoms with E-state index in [-0.39, 0.29) is 25.0 Å². The van der Waals surface area contributed by atoms with Crippen LogP contribution >= 0.6 is 0 Å². The van der Waals surface area contributed by atoms with Gasteiger partial charge in [0.15, 0.2) is 6.61 Å². The number of hydrogen-bond acceptors (Lipinski definition) is 3. The molecule has 0 atom stereocenters. The molecule has 6 heteroatoms. The molecule has 1 saturated heterocycles. The van der Waals surface area contributed by atoms with Crippen LogP contribution in [0.2, 0.25) is 0 Å². The number of ether oxygens (including phenoxy) is 1. The zero-order chi connectivity index (χ0) is 17.6. The van der Waals surface area contributed by atoms with Gasteiger partial charge in [0.05, 0.1) is 25.3 Å². The van der Waals surface area contributed by atoms with Crippen LogP contribution in [0, 0.1) is 5.92 Å². The molecular weight excluding hydrogens is 318 g/mol. The summed E-state index contributed by atoms with van der Waals surface area (Å²) in [6.07, 6.45) is 3.59. The molecule has 1 aromatic carbocycles. The molecule has 0 bridgehead atoms. The van der Waals surface area contributed by atoms with Crippen LogP contribution < -0.4 is 19.9 Å². The van der Waals surface area contributed by atoms with Crippen LogP contribution in [0.3, 0.4) is 0 Å². The highest BCUT2D eigenvalue weighted by Crippen LogP contribution is 2.31. The Morgan fingerprint density at radius 1 is 1.32 bits per heavy atom. The Labute approximate surface area is 149 Å². The van der Waals surface area contributed by atoms with Crippen molar-refractivity contribution < 1.29 is 19.2 Å². The Morgan fingerprint density at radius 2 is 2.08 bits per heavy atom. The zero-order valence-corrected chi connectivity index (χ0v) is 14.9. The first-order chi connectivity index (χ1) is 12.1. The number of likely N-dealkylation sites (tertiary alicyclic amines) is 1. The quantitative estimate of drug-likeness (QED) is 0.725. The van der Waals surface area contributed by atoms with Gasteiger partial charge in [-0.25, -0.2) is 0 Å². The van der Waals surface area contributed by atoms with Crippen LogP contribution in [0.15, 0.2) is 24.3 Å². The van der Waals surface area contributed by atoms with E-state index in [0.29, 0.717) is 18.0 Å². The molecule has 0 unspecified atom stereocenters. The van der Waals surface area contributed by atoms with E-state index in [1.54, 1.807) is 11.0 Å². The van der Waals surface area contributed by atoms with Crippen molar-refractivity contribution in [3.05, 3.63) is 24.3 Å². The van der Waals surface area contributed by atoms with Gasteiger partial charge >= 0.3 is 0 Å². The van der Waals surface area contributed by atoms with E-state index >= 15 is 0 Å². The van der Waals surface area contributed by atoms with Crippen LogP contribution in [0.5, 0.6) is 5.75 Å². The third kappa shape index (κ3) is 4.72. The molecule has 2 aliphatic rings. The number of rotatable bonds is 6. The van der Waals surface area contributed by atoms with E-state index in [0.717, 1.165) is 18.9 Å². The van der Waals surface area contributed by atoms with Gasteiger partial charge in [0, 0.05) is 13.0 Å². The molecule has 3 rings (SSSR count). The number of fused-ring (bicyclic) bond motifs is 1. The van der Waals surface area contributed by atoms with Crippen molar-refractivity contribution in [2.24, 2.45) is 5.92 Å². The molecule has 0 aromatic heterocycles. The number of benzene rings is 1. The molecule has 0 radical (unpaired) electrons. The second-order valence-electron chi connectivity index (χ2n) is 7.12. The normalized spacial score (nSPS) is 22.9. The fraction of sp³-hybridized carbons (Fsp3) is 0.579. The number of nitrogens with one attached hydrogen (secondary N) is 2. The molecule has 2 heterocycles. The molecule has 2 aliphatic heterocycles. The van der Waals surface area contributed by atoms with Crippen molar-refractivity contribution in [2.45, 2.75) is 26.2 Å². The van der Waals surface area contributed by atoms with Gasteiger partial charge in [-0.2, -0.15) is 0 Å². The lowest BCUT2D eigenvalue weighted by Crippen LogP contribution is -3.13. The summed E-state index contributed by atoms with van der Waals surface area (Å²) in [6, 6.07) is 7.32. The third-order valence-electron chi connectivity index (χ3n) is 5.12. The molecular formula is C19H28N3O3+. The van der Waals surface area contributed by atoms with Gasteiger partial charge in [-0.1, -0.05) is 19.1 Å². The minimum atomic E-state index is -0.180. The number of nitrogens with zero attached hydrogens (tertiary/aromatic N) is 1. The van der Waals surface area contributed by atoms with Gasteiger partial charge in [0.1, 0.15) is 12.3 Å². The number of quaternary nitrogens is 1. The highest BCUT2D eigenvalue weighted by molar-refractivity contribution is 6.02. The highest BCUT2D eigenvalue weighted by Gasteiger charge is 2.26. The topological polar surface area (TPSA) is 63.1 Å². The predicted octanol–water partition coefficient (Wildman–Crippen LogP) is 0.233. The van der Waals surface area contributed by atoms with Crippen LogP contribution in [0.1, 0.15) is 26.2 Å². The van der Waals surface area contributed by atoms with Crippen molar-refractivity contribution in [1.29, 1.82) is 0 Å². The number of para-hydroxylation sites is 2. The first-order valence-corrected chi connectivity index (χ1v) is 9.26. The predicted molar refractivity (Wildman–Crippen MR) is 95.9 cm³/mol. The van der Waals surface area contributed by atoms with Crippen molar-refractivity contribution in [1.82, 2.24) is 5.32 Å². The first kappa shape index (κ1) is 17.7. The van der Waals surface area contributed by atoms with Gasteiger partial charge in [0.2, 0.25) is 5.91 Å². The lowest BCUT2D eigenvalue weighted by atomic mass is 9.99. The van der Waals surface area contributed by atoms with E-state index in [1.165, 1.54) is 30.8 Å². The molecule has 136 valence electrons. The number of carbonyl (C=O) groups is 2. The van der Waals surface area contributed by atoms with E-state index in [1.807, 2.05) is 18.2 Å². The summed E-state index contributed by atoms with van der Waals surface area (Å²) in [5.41, 5.74) is 0.667. The molecule has 0 aliphatic carbocycles. The second-order valence-corrected chi connectivity index (χ2v) is 7.12. The average molecular weight is 346 g/mol. The van der Waals surface area contributed by atoms with Crippen molar-refractivity contribution in [3.8, 4) is 5.75 Å². The van der Waals surface area contributed by atoms with Gasteiger partial charge in [0.25, 0.3) is 5.91 Å². The zero-order valence-electron chi connectivity index (χ0n) is 14.9. The highest BCUT2D eigenvalue weighted by atomic mass is 16.5. The minimum absolute atomic E-state index is 0.0129. The summed E-state index contributed by atoms with van der Waals surface area (Å²) < 4.78 is 5.40. The monoisotopic (exact) mass is 346 g/mol. The summed E-state index contributed by atoms with van der Waals surface area (Å²) in [4.78, 5) is 27.4. The Morgan fingerprint density at radius 3 is 2.88 bits per heavy atom. The molecule has 1 fully saturated rings. The Bertz CT molecular complexity index is 612. The summed E-state index contributed by atoms with van der Waals surface area (Å²) in [5.74, 6) is 1.21. The van der Waals surface area contributed by atoms with Crippen molar-refractivity contribution in [2.75, 3.05) is 44.2 Å². The third-order valence-corrected chi connectivity index (χ3v) is 5.12. The smallest absolute Gasteiger partial charge is 0.265 e. The molecule has 2 N–H and O–H groups in total. The van der Waals surface area contributed by atoms with Crippen molar-refractivity contribution in [3.63, 3.8) is 0 Å². The number of amides is 2. The number of carbonyl (C=O) groups excluding carboxylic acids is 2. The molecule has 6 nitrogen and oxygen atoms in total. The first-order valence-electron chi connectivity index (χ1n) is 9.26. The average Bonchev–Trinajstić information content (AvgIpc) is 2.63. The van der Waals surface area contributed by atoms with Gasteiger partial charge in [-0.05, 0) is 30.9 Å². The summed E-state index contributed by atoms with van der Waals surface area (Å²) in [7, 11) is 0. The molecule has 1 aromatic rings. The van der Waals surface area contributed by atoms with Crippen LogP contribution in [0.25, 0.3) is 0 Å². The van der Waals surface area contributed by atoms with Crippen LogP contribution in [-0.4, -0.2) is 51.1 Å². The SMILES string of the molecule is CC1CC[NH+](CCCNC(=O)CN2C(=O)COc3ccccc32)CC1. The summed E-state index contributed by atoms with van der Waals surface area (Å²) in [6.45, 7) is 6.61. The maximum absolute atomic E-state index is 12.2. The Kier molecular flexibility index (Phi) is 5.91.